The molecule has 0 radical (unpaired) electrons. The Hall–Kier alpha value is -0.860. The van der Waals surface area contributed by atoms with Gasteiger partial charge in [-0.3, -0.25) is 0 Å². The van der Waals surface area contributed by atoms with Crippen molar-refractivity contribution < 1.29 is 9.47 Å². The summed E-state index contributed by atoms with van der Waals surface area (Å²) >= 11 is 0. The summed E-state index contributed by atoms with van der Waals surface area (Å²) < 4.78 is 11.6. The third kappa shape index (κ3) is 4.79. The van der Waals surface area contributed by atoms with Gasteiger partial charge in [-0.15, -0.1) is 0 Å². The van der Waals surface area contributed by atoms with E-state index in [1.54, 1.807) is 0 Å². The summed E-state index contributed by atoms with van der Waals surface area (Å²) in [5.41, 5.74) is 2.42. The predicted octanol–water partition coefficient (Wildman–Crippen LogP) is 4.66. The third-order valence-electron chi connectivity index (χ3n) is 2.80. The van der Waals surface area contributed by atoms with Crippen LogP contribution in [0.3, 0.4) is 0 Å². The summed E-state index contributed by atoms with van der Waals surface area (Å²) in [4.78, 5) is 0. The zero-order valence-electron chi connectivity index (χ0n) is 12.4. The topological polar surface area (TPSA) is 18.5 Å². The number of hydrogen-bond donors (Lipinski definition) is 0. The Morgan fingerprint density at radius 2 is 1.11 bits per heavy atom. The van der Waals surface area contributed by atoms with Crippen LogP contribution in [0.5, 0.6) is 0 Å². The zero-order chi connectivity index (χ0) is 13.7. The molecule has 2 unspecified atom stereocenters. The summed E-state index contributed by atoms with van der Waals surface area (Å²) in [7, 11) is 0. The molecular formula is C16H26O2. The van der Waals surface area contributed by atoms with Crippen molar-refractivity contribution in [2.45, 2.75) is 66.0 Å². The van der Waals surface area contributed by atoms with Crippen LogP contribution in [0.2, 0.25) is 0 Å². The van der Waals surface area contributed by atoms with Gasteiger partial charge in [0, 0.05) is 0 Å². The van der Waals surface area contributed by atoms with Crippen LogP contribution in [0.1, 0.15) is 64.9 Å². The molecule has 0 aromatic heterocycles. The van der Waals surface area contributed by atoms with Crippen molar-refractivity contribution >= 4 is 0 Å². The van der Waals surface area contributed by atoms with Crippen LogP contribution in [-0.4, -0.2) is 12.2 Å². The molecule has 0 aliphatic carbocycles. The first-order valence-corrected chi connectivity index (χ1v) is 6.81. The molecule has 1 aromatic rings. The average Bonchev–Trinajstić information content (AvgIpc) is 2.27. The smallest absolute Gasteiger partial charge is 0.0800 e. The van der Waals surface area contributed by atoms with Gasteiger partial charge in [0.25, 0.3) is 0 Å². The first-order chi connectivity index (χ1) is 8.40. The maximum absolute atomic E-state index is 5.81. The molecule has 0 N–H and O–H groups in total. The molecule has 2 nitrogen and oxygen atoms in total. The van der Waals surface area contributed by atoms with E-state index >= 15 is 0 Å². The molecule has 0 amide bonds. The van der Waals surface area contributed by atoms with Crippen molar-refractivity contribution in [3.8, 4) is 0 Å². The van der Waals surface area contributed by atoms with Gasteiger partial charge in [-0.25, -0.2) is 0 Å². The zero-order valence-corrected chi connectivity index (χ0v) is 12.4. The minimum Gasteiger partial charge on any atom is -0.371 e. The van der Waals surface area contributed by atoms with Crippen molar-refractivity contribution in [3.63, 3.8) is 0 Å². The Labute approximate surface area is 111 Å². The van der Waals surface area contributed by atoms with E-state index in [1.807, 2.05) is 0 Å². The average molecular weight is 250 g/mol. The molecule has 0 fully saturated rings. The summed E-state index contributed by atoms with van der Waals surface area (Å²) in [6.45, 7) is 12.4. The van der Waals surface area contributed by atoms with Crippen LogP contribution in [0.15, 0.2) is 24.3 Å². The molecule has 102 valence electrons. The molecule has 1 rings (SSSR count). The predicted molar refractivity (Wildman–Crippen MR) is 75.7 cm³/mol. The molecule has 0 spiro atoms. The molecule has 0 saturated heterocycles. The quantitative estimate of drug-likeness (QED) is 0.731. The standard InChI is InChI=1S/C16H26O2/c1-11(2)17-13(5)15-8-7-9-16(10-15)14(6)18-12(3)4/h7-14H,1-6H3. The van der Waals surface area contributed by atoms with Gasteiger partial charge in [-0.1, -0.05) is 24.3 Å². The number of rotatable bonds is 6. The summed E-state index contributed by atoms with van der Waals surface area (Å²) in [6.07, 6.45) is 0.730. The van der Waals surface area contributed by atoms with Crippen LogP contribution in [0, 0.1) is 0 Å². The van der Waals surface area contributed by atoms with E-state index in [9.17, 15) is 0 Å². The third-order valence-corrected chi connectivity index (χ3v) is 2.80. The van der Waals surface area contributed by atoms with Gasteiger partial charge < -0.3 is 9.47 Å². The minimum atomic E-state index is 0.121. The monoisotopic (exact) mass is 250 g/mol. The second-order valence-electron chi connectivity index (χ2n) is 5.32. The van der Waals surface area contributed by atoms with Gasteiger partial charge in [-0.2, -0.15) is 0 Å². The highest BCUT2D eigenvalue weighted by molar-refractivity contribution is 5.26. The van der Waals surface area contributed by atoms with Crippen LogP contribution < -0.4 is 0 Å². The maximum Gasteiger partial charge on any atom is 0.0800 e. The molecule has 2 heteroatoms. The number of hydrogen-bond acceptors (Lipinski definition) is 2. The van der Waals surface area contributed by atoms with Crippen LogP contribution in [-0.2, 0) is 9.47 Å². The molecule has 0 heterocycles. The van der Waals surface area contributed by atoms with E-state index in [2.05, 4.69) is 65.8 Å². The summed E-state index contributed by atoms with van der Waals surface area (Å²) in [5.74, 6) is 0. The van der Waals surface area contributed by atoms with Gasteiger partial charge in [0.2, 0.25) is 0 Å². The van der Waals surface area contributed by atoms with Gasteiger partial charge in [0.15, 0.2) is 0 Å². The van der Waals surface area contributed by atoms with Crippen LogP contribution in [0.4, 0.5) is 0 Å². The van der Waals surface area contributed by atoms with E-state index < -0.39 is 0 Å². The van der Waals surface area contributed by atoms with E-state index in [0.717, 1.165) is 0 Å². The van der Waals surface area contributed by atoms with Crippen LogP contribution >= 0.6 is 0 Å². The Morgan fingerprint density at radius 3 is 1.44 bits per heavy atom. The fourth-order valence-corrected chi connectivity index (χ4v) is 2.04. The SMILES string of the molecule is CC(C)OC(C)c1cccc(C(C)OC(C)C)c1. The Bertz CT molecular complexity index is 327. The van der Waals surface area contributed by atoms with Gasteiger partial charge >= 0.3 is 0 Å². The molecule has 0 bridgehead atoms. The largest absolute Gasteiger partial charge is 0.371 e. The highest BCUT2D eigenvalue weighted by atomic mass is 16.5. The highest BCUT2D eigenvalue weighted by Crippen LogP contribution is 2.24. The summed E-state index contributed by atoms with van der Waals surface area (Å²) in [6, 6.07) is 8.47. The molecule has 0 aliphatic rings. The fraction of sp³-hybridized carbons (Fsp3) is 0.625. The second kappa shape index (κ2) is 6.91. The van der Waals surface area contributed by atoms with E-state index in [1.165, 1.54) is 11.1 Å². The first kappa shape index (κ1) is 15.2. The van der Waals surface area contributed by atoms with Crippen LogP contribution in [0.25, 0.3) is 0 Å². The van der Waals surface area contributed by atoms with E-state index in [0.29, 0.717) is 0 Å². The second-order valence-corrected chi connectivity index (χ2v) is 5.32. The number of ether oxygens (including phenoxy) is 2. The normalized spacial score (nSPS) is 15.1. The first-order valence-electron chi connectivity index (χ1n) is 6.81. The lowest BCUT2D eigenvalue weighted by atomic mass is 10.0. The molecule has 18 heavy (non-hydrogen) atoms. The van der Waals surface area contributed by atoms with Crippen molar-refractivity contribution in [2.24, 2.45) is 0 Å². The lowest BCUT2D eigenvalue weighted by Gasteiger charge is -2.20. The Kier molecular flexibility index (Phi) is 5.83. The Balaban J connectivity index is 2.78. The number of benzene rings is 1. The van der Waals surface area contributed by atoms with Crippen molar-refractivity contribution in [1.29, 1.82) is 0 Å². The van der Waals surface area contributed by atoms with Gasteiger partial charge in [0.1, 0.15) is 0 Å². The van der Waals surface area contributed by atoms with Crippen molar-refractivity contribution in [2.75, 3.05) is 0 Å². The fourth-order valence-electron chi connectivity index (χ4n) is 2.04. The van der Waals surface area contributed by atoms with Gasteiger partial charge in [-0.05, 0) is 52.7 Å². The lowest BCUT2D eigenvalue weighted by molar-refractivity contribution is 0.0143. The molecule has 2 atom stereocenters. The lowest BCUT2D eigenvalue weighted by Crippen LogP contribution is -2.10. The summed E-state index contributed by atoms with van der Waals surface area (Å²) in [5, 5.41) is 0. The van der Waals surface area contributed by atoms with E-state index in [4.69, 9.17) is 9.47 Å². The molecule has 0 aliphatic heterocycles. The minimum absolute atomic E-state index is 0.121. The molecule has 1 aromatic carbocycles. The van der Waals surface area contributed by atoms with E-state index in [-0.39, 0.29) is 24.4 Å². The maximum atomic E-state index is 5.81. The molecular weight excluding hydrogens is 224 g/mol. The van der Waals surface area contributed by atoms with Crippen molar-refractivity contribution in [1.82, 2.24) is 0 Å². The highest BCUT2D eigenvalue weighted by Gasteiger charge is 2.12. The van der Waals surface area contributed by atoms with Gasteiger partial charge in [0.05, 0.1) is 24.4 Å². The Morgan fingerprint density at radius 1 is 0.722 bits per heavy atom. The van der Waals surface area contributed by atoms with Crippen molar-refractivity contribution in [3.05, 3.63) is 35.4 Å². The molecule has 0 saturated carbocycles.